The third kappa shape index (κ3) is 3.83. The molecule has 0 aliphatic rings. The van der Waals surface area contributed by atoms with Gasteiger partial charge in [0.05, 0.1) is 0 Å². The summed E-state index contributed by atoms with van der Waals surface area (Å²) in [5, 5.41) is 3.18. The number of hydrogen-bond acceptors (Lipinski definition) is 2. The maximum absolute atomic E-state index is 5.93. The smallest absolute Gasteiger partial charge is 0.124 e. The average molecular weight is 255 g/mol. The molecule has 0 fully saturated rings. The van der Waals surface area contributed by atoms with Gasteiger partial charge in [-0.2, -0.15) is 0 Å². The number of ether oxygens (including phenoxy) is 1. The predicted octanol–water partition coefficient (Wildman–Crippen LogP) is 3.60. The molecule has 2 nitrogen and oxygen atoms in total. The summed E-state index contributed by atoms with van der Waals surface area (Å²) in [6, 6.07) is 14.8. The van der Waals surface area contributed by atoms with Gasteiger partial charge in [-0.3, -0.25) is 0 Å². The monoisotopic (exact) mass is 255 g/mol. The number of aryl methyl sites for hydroxylation is 2. The van der Waals surface area contributed by atoms with Crippen molar-refractivity contribution in [2.45, 2.75) is 27.0 Å². The number of benzene rings is 2. The van der Waals surface area contributed by atoms with Crippen molar-refractivity contribution < 1.29 is 4.74 Å². The number of hydrogen-bond donors (Lipinski definition) is 1. The first kappa shape index (κ1) is 13.6. The molecule has 0 aliphatic carbocycles. The third-order valence-corrected chi connectivity index (χ3v) is 3.10. The van der Waals surface area contributed by atoms with Gasteiger partial charge in [0, 0.05) is 12.1 Å². The summed E-state index contributed by atoms with van der Waals surface area (Å²) in [4.78, 5) is 0. The molecule has 0 spiro atoms. The summed E-state index contributed by atoms with van der Waals surface area (Å²) in [7, 11) is 1.95. The van der Waals surface area contributed by atoms with Crippen LogP contribution < -0.4 is 10.1 Å². The first-order valence-corrected chi connectivity index (χ1v) is 6.61. The second kappa shape index (κ2) is 6.39. The topological polar surface area (TPSA) is 21.3 Å². The zero-order valence-corrected chi connectivity index (χ0v) is 11.9. The maximum atomic E-state index is 5.93. The van der Waals surface area contributed by atoms with Crippen LogP contribution in [0.5, 0.6) is 5.75 Å². The van der Waals surface area contributed by atoms with Crippen molar-refractivity contribution in [1.82, 2.24) is 5.32 Å². The molecule has 100 valence electrons. The van der Waals surface area contributed by atoms with Crippen LogP contribution in [0.1, 0.15) is 22.3 Å². The van der Waals surface area contributed by atoms with Crippen LogP contribution in [0.15, 0.2) is 42.5 Å². The first-order chi connectivity index (χ1) is 9.19. The third-order valence-electron chi connectivity index (χ3n) is 3.10. The largest absolute Gasteiger partial charge is 0.489 e. The summed E-state index contributed by atoms with van der Waals surface area (Å²) in [5.74, 6) is 0.959. The summed E-state index contributed by atoms with van der Waals surface area (Å²) in [5.41, 5.74) is 4.93. The Morgan fingerprint density at radius 3 is 2.32 bits per heavy atom. The molecule has 0 amide bonds. The molecule has 1 N–H and O–H groups in total. The zero-order valence-electron chi connectivity index (χ0n) is 11.9. The Labute approximate surface area is 115 Å². The van der Waals surface area contributed by atoms with Gasteiger partial charge in [0.15, 0.2) is 0 Å². The molecule has 2 aromatic carbocycles. The number of nitrogens with one attached hydrogen (secondary N) is 1. The van der Waals surface area contributed by atoms with Crippen LogP contribution in [0.4, 0.5) is 0 Å². The Bertz CT molecular complexity index is 531. The molecule has 0 bridgehead atoms. The lowest BCUT2D eigenvalue weighted by molar-refractivity contribution is 0.302. The van der Waals surface area contributed by atoms with E-state index in [1.54, 1.807) is 0 Å². The van der Waals surface area contributed by atoms with Crippen molar-refractivity contribution in [2.75, 3.05) is 7.05 Å². The lowest BCUT2D eigenvalue weighted by Gasteiger charge is -2.12. The van der Waals surface area contributed by atoms with Crippen molar-refractivity contribution >= 4 is 0 Å². The van der Waals surface area contributed by atoms with E-state index in [1.165, 1.54) is 22.3 Å². The highest BCUT2D eigenvalue weighted by atomic mass is 16.5. The second-order valence-corrected chi connectivity index (χ2v) is 4.92. The Hall–Kier alpha value is -1.80. The lowest BCUT2D eigenvalue weighted by Crippen LogP contribution is -2.08. The molecule has 2 rings (SSSR count). The SMILES string of the molecule is CNCc1cc(C)ccc1OCc1ccc(C)cc1. The minimum absolute atomic E-state index is 0.611. The molecule has 0 radical (unpaired) electrons. The second-order valence-electron chi connectivity index (χ2n) is 4.92. The number of rotatable bonds is 5. The molecule has 2 aromatic rings. The minimum Gasteiger partial charge on any atom is -0.489 e. The van der Waals surface area contributed by atoms with E-state index in [4.69, 9.17) is 4.74 Å². The van der Waals surface area contributed by atoms with Gasteiger partial charge in [-0.15, -0.1) is 0 Å². The van der Waals surface area contributed by atoms with Gasteiger partial charge in [0.25, 0.3) is 0 Å². The van der Waals surface area contributed by atoms with E-state index in [1.807, 2.05) is 7.05 Å². The van der Waals surface area contributed by atoms with Gasteiger partial charge in [-0.05, 0) is 32.5 Å². The Morgan fingerprint density at radius 2 is 1.63 bits per heavy atom. The van der Waals surface area contributed by atoms with Gasteiger partial charge >= 0.3 is 0 Å². The summed E-state index contributed by atoms with van der Waals surface area (Å²) < 4.78 is 5.93. The fraction of sp³-hybridized carbons (Fsp3) is 0.294. The molecular formula is C17H21NO. The van der Waals surface area contributed by atoms with Crippen LogP contribution in [0, 0.1) is 13.8 Å². The molecule has 0 saturated heterocycles. The van der Waals surface area contributed by atoms with Crippen LogP contribution in [-0.4, -0.2) is 7.05 Å². The van der Waals surface area contributed by atoms with E-state index in [2.05, 4.69) is 61.6 Å². The van der Waals surface area contributed by atoms with E-state index < -0.39 is 0 Å². The highest BCUT2D eigenvalue weighted by Gasteiger charge is 2.04. The first-order valence-electron chi connectivity index (χ1n) is 6.61. The molecule has 0 aliphatic heterocycles. The van der Waals surface area contributed by atoms with Crippen molar-refractivity contribution in [3.8, 4) is 5.75 Å². The summed E-state index contributed by atoms with van der Waals surface area (Å²) in [6.07, 6.45) is 0. The quantitative estimate of drug-likeness (QED) is 0.881. The molecule has 0 atom stereocenters. The fourth-order valence-corrected chi connectivity index (χ4v) is 2.02. The maximum Gasteiger partial charge on any atom is 0.124 e. The van der Waals surface area contributed by atoms with E-state index in [0.29, 0.717) is 6.61 Å². The fourth-order valence-electron chi connectivity index (χ4n) is 2.02. The van der Waals surface area contributed by atoms with Gasteiger partial charge in [0.2, 0.25) is 0 Å². The average Bonchev–Trinajstić information content (AvgIpc) is 2.40. The van der Waals surface area contributed by atoms with Gasteiger partial charge in [-0.25, -0.2) is 0 Å². The van der Waals surface area contributed by atoms with E-state index >= 15 is 0 Å². The molecule has 0 aromatic heterocycles. The lowest BCUT2D eigenvalue weighted by atomic mass is 10.1. The molecule has 0 saturated carbocycles. The standard InChI is InChI=1S/C17H21NO/c1-13-4-7-15(8-5-13)12-19-17-9-6-14(2)10-16(17)11-18-3/h4-10,18H,11-12H2,1-3H3. The van der Waals surface area contributed by atoms with Crippen molar-refractivity contribution in [3.05, 3.63) is 64.7 Å². The van der Waals surface area contributed by atoms with Gasteiger partial charge in [0.1, 0.15) is 12.4 Å². The highest BCUT2D eigenvalue weighted by molar-refractivity contribution is 5.37. The molecule has 2 heteroatoms. The Kier molecular flexibility index (Phi) is 4.58. The molecular weight excluding hydrogens is 234 g/mol. The Balaban J connectivity index is 2.08. The van der Waals surface area contributed by atoms with Crippen LogP contribution in [0.3, 0.4) is 0 Å². The van der Waals surface area contributed by atoms with Crippen molar-refractivity contribution in [1.29, 1.82) is 0 Å². The predicted molar refractivity (Wildman–Crippen MR) is 79.5 cm³/mol. The normalized spacial score (nSPS) is 10.5. The van der Waals surface area contributed by atoms with Gasteiger partial charge in [-0.1, -0.05) is 47.5 Å². The summed E-state index contributed by atoms with van der Waals surface area (Å²) >= 11 is 0. The van der Waals surface area contributed by atoms with Crippen molar-refractivity contribution in [3.63, 3.8) is 0 Å². The van der Waals surface area contributed by atoms with Crippen LogP contribution in [0.25, 0.3) is 0 Å². The molecule has 19 heavy (non-hydrogen) atoms. The molecule has 0 unspecified atom stereocenters. The van der Waals surface area contributed by atoms with Crippen LogP contribution >= 0.6 is 0 Å². The van der Waals surface area contributed by atoms with Crippen molar-refractivity contribution in [2.24, 2.45) is 0 Å². The molecule has 0 heterocycles. The Morgan fingerprint density at radius 1 is 0.947 bits per heavy atom. The minimum atomic E-state index is 0.611. The van der Waals surface area contributed by atoms with E-state index in [0.717, 1.165) is 12.3 Å². The van der Waals surface area contributed by atoms with Crippen LogP contribution in [0.2, 0.25) is 0 Å². The van der Waals surface area contributed by atoms with Crippen LogP contribution in [-0.2, 0) is 13.2 Å². The zero-order chi connectivity index (χ0) is 13.7. The highest BCUT2D eigenvalue weighted by Crippen LogP contribution is 2.21. The van der Waals surface area contributed by atoms with E-state index in [9.17, 15) is 0 Å². The summed E-state index contributed by atoms with van der Waals surface area (Å²) in [6.45, 7) is 5.63. The van der Waals surface area contributed by atoms with E-state index in [-0.39, 0.29) is 0 Å². The van der Waals surface area contributed by atoms with Gasteiger partial charge < -0.3 is 10.1 Å².